The summed E-state index contributed by atoms with van der Waals surface area (Å²) in [5.74, 6) is 3.57. The summed E-state index contributed by atoms with van der Waals surface area (Å²) in [5.41, 5.74) is 12.4. The number of halogens is 2. The molecular formula is C30H27F2N5O5. The molecule has 216 valence electrons. The predicted octanol–water partition coefficient (Wildman–Crippen LogP) is 3.82. The van der Waals surface area contributed by atoms with Gasteiger partial charge in [0.15, 0.2) is 17.3 Å². The third-order valence-corrected chi connectivity index (χ3v) is 6.95. The van der Waals surface area contributed by atoms with Crippen molar-refractivity contribution in [1.29, 1.82) is 0 Å². The minimum atomic E-state index is -1.08. The zero-order chi connectivity index (χ0) is 30.1. The van der Waals surface area contributed by atoms with Crippen LogP contribution in [0.15, 0.2) is 29.3 Å². The maximum Gasteiger partial charge on any atom is 0.343 e. The molecule has 1 aliphatic carbocycles. The molecular weight excluding hydrogens is 548 g/mol. The summed E-state index contributed by atoms with van der Waals surface area (Å²) in [4.78, 5) is 35.5. The lowest BCUT2D eigenvalue weighted by Crippen LogP contribution is -2.19. The minimum Gasteiger partial charge on any atom is -0.493 e. The Morgan fingerprint density at radius 1 is 1.12 bits per heavy atom. The number of aromatic nitrogens is 3. The number of fused-ring (bicyclic) bond motifs is 1. The van der Waals surface area contributed by atoms with Crippen molar-refractivity contribution in [2.75, 3.05) is 32.3 Å². The van der Waals surface area contributed by atoms with Crippen LogP contribution in [0.25, 0.3) is 10.9 Å². The lowest BCUT2D eigenvalue weighted by molar-refractivity contribution is 0.0524. The van der Waals surface area contributed by atoms with Gasteiger partial charge in [0.2, 0.25) is 11.4 Å². The van der Waals surface area contributed by atoms with Gasteiger partial charge in [0.25, 0.3) is 0 Å². The molecule has 1 saturated carbocycles. The van der Waals surface area contributed by atoms with E-state index in [4.69, 9.17) is 25.7 Å². The first kappa shape index (κ1) is 28.4. The Morgan fingerprint density at radius 2 is 1.86 bits per heavy atom. The number of carbonyl (C=O) groups excluding carboxylic acids is 1. The van der Waals surface area contributed by atoms with Crippen molar-refractivity contribution in [3.63, 3.8) is 0 Å². The fourth-order valence-electron chi connectivity index (χ4n) is 4.84. The number of ether oxygens (including phenoxy) is 3. The monoisotopic (exact) mass is 575 g/mol. The smallest absolute Gasteiger partial charge is 0.343 e. The van der Waals surface area contributed by atoms with E-state index < -0.39 is 28.6 Å². The highest BCUT2D eigenvalue weighted by molar-refractivity contribution is 5.94. The molecule has 0 radical (unpaired) electrons. The van der Waals surface area contributed by atoms with Gasteiger partial charge < -0.3 is 30.7 Å². The van der Waals surface area contributed by atoms with E-state index in [9.17, 15) is 9.59 Å². The van der Waals surface area contributed by atoms with Crippen LogP contribution in [0.5, 0.6) is 11.5 Å². The molecule has 5 rings (SSSR count). The van der Waals surface area contributed by atoms with Gasteiger partial charge in [0.05, 0.1) is 42.9 Å². The average molecular weight is 576 g/mol. The Balaban J connectivity index is 1.67. The van der Waals surface area contributed by atoms with E-state index in [0.29, 0.717) is 29.0 Å². The third kappa shape index (κ3) is 5.16. The highest BCUT2D eigenvalue weighted by Gasteiger charge is 2.32. The lowest BCUT2D eigenvalue weighted by atomic mass is 9.91. The third-order valence-electron chi connectivity index (χ3n) is 6.95. The van der Waals surface area contributed by atoms with Crippen molar-refractivity contribution in [3.8, 4) is 23.3 Å². The van der Waals surface area contributed by atoms with E-state index in [2.05, 4.69) is 26.8 Å². The van der Waals surface area contributed by atoms with Crippen molar-refractivity contribution in [1.82, 2.24) is 15.0 Å². The highest BCUT2D eigenvalue weighted by atomic mass is 19.1. The number of aromatic amines is 1. The number of pyridine rings is 1. The number of nitrogen functional groups attached to an aromatic ring is 2. The number of hydrogen-bond acceptors (Lipinski definition) is 9. The van der Waals surface area contributed by atoms with Gasteiger partial charge in [-0.3, -0.25) is 4.79 Å². The molecule has 0 aliphatic heterocycles. The second-order valence-corrected chi connectivity index (χ2v) is 9.62. The van der Waals surface area contributed by atoms with Crippen molar-refractivity contribution in [2.45, 2.75) is 32.1 Å². The fourth-order valence-corrected chi connectivity index (χ4v) is 4.84. The second-order valence-electron chi connectivity index (χ2n) is 9.62. The lowest BCUT2D eigenvalue weighted by Gasteiger charge is -2.18. The predicted molar refractivity (Wildman–Crippen MR) is 152 cm³/mol. The number of nitrogens with one attached hydrogen (secondary N) is 1. The number of carbonyl (C=O) groups is 1. The van der Waals surface area contributed by atoms with Gasteiger partial charge in [0, 0.05) is 24.4 Å². The standard InChI is InChI=1S/C30H27F2N5O5/c1-4-42-29(39)20-13-35-25-19(26(20)38)11-21(31)17(24(25)32)7-8-18-23(14-5-6-14)15(10-22(40-2)27(18)41-3)9-16-12-36-30(34)37-28(16)33/h10-14H,4-6,9H2,1-3H3,(H,35,38)(H4,33,34,36,37). The molecule has 1 aliphatic rings. The zero-order valence-electron chi connectivity index (χ0n) is 23.1. The summed E-state index contributed by atoms with van der Waals surface area (Å²) < 4.78 is 47.0. The van der Waals surface area contributed by atoms with Crippen LogP contribution in [-0.4, -0.2) is 41.7 Å². The Hall–Kier alpha value is -5.18. The molecule has 4 aromatic rings. The van der Waals surface area contributed by atoms with Crippen LogP contribution >= 0.6 is 0 Å². The van der Waals surface area contributed by atoms with E-state index >= 15 is 8.78 Å². The molecule has 0 unspecified atom stereocenters. The zero-order valence-corrected chi connectivity index (χ0v) is 23.1. The quantitative estimate of drug-likeness (QED) is 0.220. The van der Waals surface area contributed by atoms with Crippen molar-refractivity contribution in [3.05, 3.63) is 79.8 Å². The van der Waals surface area contributed by atoms with Gasteiger partial charge in [-0.05, 0) is 48.9 Å². The first-order valence-corrected chi connectivity index (χ1v) is 13.1. The Labute approximate surface area is 239 Å². The molecule has 2 aromatic heterocycles. The topological polar surface area (TPSA) is 155 Å². The van der Waals surface area contributed by atoms with Crippen LogP contribution in [0, 0.1) is 23.5 Å². The largest absolute Gasteiger partial charge is 0.493 e. The summed E-state index contributed by atoms with van der Waals surface area (Å²) in [7, 11) is 2.92. The fraction of sp³-hybridized carbons (Fsp3) is 0.267. The van der Waals surface area contributed by atoms with Gasteiger partial charge >= 0.3 is 5.97 Å². The summed E-state index contributed by atoms with van der Waals surface area (Å²) >= 11 is 0. The van der Waals surface area contributed by atoms with E-state index in [1.807, 2.05) is 6.07 Å². The number of H-pyrrole nitrogens is 1. The van der Waals surface area contributed by atoms with Gasteiger partial charge in [-0.25, -0.2) is 18.6 Å². The van der Waals surface area contributed by atoms with Gasteiger partial charge in [0.1, 0.15) is 17.2 Å². The van der Waals surface area contributed by atoms with Gasteiger partial charge in [-0.1, -0.05) is 11.8 Å². The Bertz CT molecular complexity index is 1860. The van der Waals surface area contributed by atoms with Crippen molar-refractivity contribution >= 4 is 28.6 Å². The molecule has 10 nitrogen and oxygen atoms in total. The number of esters is 1. The highest BCUT2D eigenvalue weighted by Crippen LogP contribution is 2.48. The second kappa shape index (κ2) is 11.4. The number of nitrogens with two attached hydrogens (primary N) is 2. The molecule has 12 heteroatoms. The van der Waals surface area contributed by atoms with Crippen molar-refractivity contribution < 1.29 is 27.8 Å². The minimum absolute atomic E-state index is 0.0347. The number of hydrogen-bond donors (Lipinski definition) is 3. The van der Waals surface area contributed by atoms with Crippen LogP contribution in [0.2, 0.25) is 0 Å². The van der Waals surface area contributed by atoms with Crippen LogP contribution in [-0.2, 0) is 11.2 Å². The molecule has 2 aromatic carbocycles. The normalized spacial score (nSPS) is 12.5. The number of methoxy groups -OCH3 is 2. The number of nitrogens with zero attached hydrogens (tertiary/aromatic N) is 2. The molecule has 0 spiro atoms. The average Bonchev–Trinajstić information content (AvgIpc) is 3.80. The summed E-state index contributed by atoms with van der Waals surface area (Å²) in [6.07, 6.45) is 4.68. The molecule has 0 atom stereocenters. The van der Waals surface area contributed by atoms with Crippen LogP contribution < -0.4 is 26.4 Å². The number of benzene rings is 2. The molecule has 1 fully saturated rings. The summed E-state index contributed by atoms with van der Waals surface area (Å²) in [6.45, 7) is 1.61. The Morgan fingerprint density at radius 3 is 2.50 bits per heavy atom. The van der Waals surface area contributed by atoms with Gasteiger partial charge in [-0.15, -0.1) is 0 Å². The maximum absolute atomic E-state index is 15.6. The molecule has 2 heterocycles. The van der Waals surface area contributed by atoms with E-state index in [0.717, 1.165) is 36.2 Å². The first-order chi connectivity index (χ1) is 20.2. The summed E-state index contributed by atoms with van der Waals surface area (Å²) in [5, 5.41) is -0.343. The molecule has 5 N–H and O–H groups in total. The van der Waals surface area contributed by atoms with E-state index in [1.54, 1.807) is 13.1 Å². The number of rotatable bonds is 7. The first-order valence-electron chi connectivity index (χ1n) is 13.1. The van der Waals surface area contributed by atoms with Crippen LogP contribution in [0.3, 0.4) is 0 Å². The maximum atomic E-state index is 15.6. The number of anilines is 2. The van der Waals surface area contributed by atoms with E-state index in [-0.39, 0.29) is 40.8 Å². The molecule has 0 bridgehead atoms. The SMILES string of the molecule is CCOC(=O)c1c[nH]c2c(F)c(C#Cc3c(OC)c(OC)cc(Cc4cnc(N)nc4N)c3C3CC3)c(F)cc2c1=O. The molecule has 0 saturated heterocycles. The van der Waals surface area contributed by atoms with E-state index in [1.165, 1.54) is 14.2 Å². The Kier molecular flexibility index (Phi) is 7.67. The van der Waals surface area contributed by atoms with Crippen LogP contribution in [0.1, 0.15) is 63.9 Å². The molecule has 42 heavy (non-hydrogen) atoms. The summed E-state index contributed by atoms with van der Waals surface area (Å²) in [6, 6.07) is 2.67. The molecule has 0 amide bonds. The van der Waals surface area contributed by atoms with Crippen LogP contribution in [0.4, 0.5) is 20.5 Å². The van der Waals surface area contributed by atoms with Gasteiger partial charge in [-0.2, -0.15) is 4.98 Å². The van der Waals surface area contributed by atoms with Crippen molar-refractivity contribution in [2.24, 2.45) is 0 Å².